The predicted octanol–water partition coefficient (Wildman–Crippen LogP) is 5.68. The molecule has 100 valence electrons. The molecular weight excluding hydrogens is 401 g/mol. The molecule has 0 amide bonds. The van der Waals surface area contributed by atoms with E-state index < -0.39 is 0 Å². The zero-order chi connectivity index (χ0) is 13.1. The van der Waals surface area contributed by atoms with Crippen LogP contribution in [0.3, 0.4) is 0 Å². The third-order valence-corrected chi connectivity index (χ3v) is 6.29. The van der Waals surface area contributed by atoms with E-state index in [-0.39, 0.29) is 0 Å². The summed E-state index contributed by atoms with van der Waals surface area (Å²) in [7, 11) is 0. The quantitative estimate of drug-likeness (QED) is 0.619. The molecule has 1 aliphatic carbocycles. The zero-order valence-corrected chi connectivity index (χ0v) is 14.8. The van der Waals surface area contributed by atoms with E-state index in [4.69, 9.17) is 0 Å². The second-order valence-electron chi connectivity index (χ2n) is 5.64. The van der Waals surface area contributed by atoms with Crippen molar-refractivity contribution in [3.63, 3.8) is 0 Å². The lowest BCUT2D eigenvalue weighted by molar-refractivity contribution is 0.264. The van der Waals surface area contributed by atoms with Gasteiger partial charge in [0.1, 0.15) is 0 Å². The minimum absolute atomic E-state index is 0.651. The summed E-state index contributed by atoms with van der Waals surface area (Å²) in [6.45, 7) is 4.71. The third kappa shape index (κ3) is 3.86. The maximum absolute atomic E-state index is 3.70. The third-order valence-electron chi connectivity index (χ3n) is 3.95. The normalized spacial score (nSPS) is 24.3. The maximum atomic E-state index is 3.70. The lowest BCUT2D eigenvalue weighted by atomic mass is 9.79. The molecule has 2 unspecified atom stereocenters. The Hall–Kier alpha value is 0.230. The molecule has 2 atom stereocenters. The van der Waals surface area contributed by atoms with E-state index >= 15 is 0 Å². The lowest BCUT2D eigenvalue weighted by Crippen LogP contribution is -2.29. The summed E-state index contributed by atoms with van der Waals surface area (Å²) in [4.78, 5) is 0. The number of halogens is 2. The van der Waals surface area contributed by atoms with Crippen LogP contribution in [0.4, 0.5) is 5.69 Å². The van der Waals surface area contributed by atoms with Crippen molar-refractivity contribution in [2.24, 2.45) is 11.8 Å². The van der Waals surface area contributed by atoms with Crippen LogP contribution in [-0.4, -0.2) is 6.04 Å². The van der Waals surface area contributed by atoms with E-state index in [2.05, 4.69) is 75.9 Å². The average molecular weight is 422 g/mol. The van der Waals surface area contributed by atoms with Gasteiger partial charge in [0.25, 0.3) is 0 Å². The first kappa shape index (κ1) is 14.6. The molecule has 0 aliphatic heterocycles. The Bertz CT molecular complexity index is 405. The monoisotopic (exact) mass is 421 g/mol. The summed E-state index contributed by atoms with van der Waals surface area (Å²) in [6, 6.07) is 7.19. The van der Waals surface area contributed by atoms with Gasteiger partial charge in [0.2, 0.25) is 0 Å². The standard InChI is InChI=1S/C15H21BrIN/c1-10(2)11-4-3-5-12(8-11)18-13-6-7-15(17)14(16)9-13/h6-7,9-12,18H,3-5,8H2,1-2H3. The summed E-state index contributed by atoms with van der Waals surface area (Å²) in [5, 5.41) is 3.70. The topological polar surface area (TPSA) is 12.0 Å². The van der Waals surface area contributed by atoms with Crippen molar-refractivity contribution >= 4 is 44.2 Å². The minimum atomic E-state index is 0.651. The largest absolute Gasteiger partial charge is 0.382 e. The molecule has 0 radical (unpaired) electrons. The smallest absolute Gasteiger partial charge is 0.0354 e. The highest BCUT2D eigenvalue weighted by molar-refractivity contribution is 14.1. The van der Waals surface area contributed by atoms with Gasteiger partial charge in [-0.2, -0.15) is 0 Å². The van der Waals surface area contributed by atoms with Gasteiger partial charge >= 0.3 is 0 Å². The van der Waals surface area contributed by atoms with Gasteiger partial charge in [0.15, 0.2) is 0 Å². The average Bonchev–Trinajstić information content (AvgIpc) is 2.34. The van der Waals surface area contributed by atoms with Gasteiger partial charge in [-0.3, -0.25) is 0 Å². The highest BCUT2D eigenvalue weighted by Gasteiger charge is 2.23. The molecule has 1 aliphatic rings. The number of hydrogen-bond acceptors (Lipinski definition) is 1. The molecule has 0 saturated heterocycles. The molecule has 1 nitrogen and oxygen atoms in total. The van der Waals surface area contributed by atoms with Crippen molar-refractivity contribution < 1.29 is 0 Å². The fourth-order valence-corrected chi connectivity index (χ4v) is 3.50. The summed E-state index contributed by atoms with van der Waals surface area (Å²) in [5.41, 5.74) is 1.25. The predicted molar refractivity (Wildman–Crippen MR) is 91.1 cm³/mol. The van der Waals surface area contributed by atoms with Crippen molar-refractivity contribution in [2.45, 2.75) is 45.6 Å². The van der Waals surface area contributed by atoms with Gasteiger partial charge in [0.05, 0.1) is 0 Å². The fraction of sp³-hybridized carbons (Fsp3) is 0.600. The van der Waals surface area contributed by atoms with Crippen LogP contribution in [0.5, 0.6) is 0 Å². The van der Waals surface area contributed by atoms with E-state index in [1.807, 2.05) is 0 Å². The van der Waals surface area contributed by atoms with Gasteiger partial charge in [-0.1, -0.05) is 26.7 Å². The summed E-state index contributed by atoms with van der Waals surface area (Å²) in [5.74, 6) is 1.71. The molecular formula is C15H21BrIN. The van der Waals surface area contributed by atoms with Crippen LogP contribution in [0.25, 0.3) is 0 Å². The highest BCUT2D eigenvalue weighted by Crippen LogP contribution is 2.32. The van der Waals surface area contributed by atoms with Gasteiger partial charge in [0, 0.05) is 19.8 Å². The van der Waals surface area contributed by atoms with Gasteiger partial charge < -0.3 is 5.32 Å². The first-order chi connectivity index (χ1) is 8.56. The molecule has 1 aromatic carbocycles. The van der Waals surface area contributed by atoms with Gasteiger partial charge in [-0.05, 0) is 81.4 Å². The van der Waals surface area contributed by atoms with Crippen molar-refractivity contribution in [3.05, 3.63) is 26.2 Å². The van der Waals surface area contributed by atoms with E-state index in [9.17, 15) is 0 Å². The Morgan fingerprint density at radius 2 is 2.11 bits per heavy atom. The summed E-state index contributed by atoms with van der Waals surface area (Å²) < 4.78 is 2.45. The molecule has 0 bridgehead atoms. The number of hydrogen-bond donors (Lipinski definition) is 1. The van der Waals surface area contributed by atoms with Crippen molar-refractivity contribution in [3.8, 4) is 0 Å². The minimum Gasteiger partial charge on any atom is -0.382 e. The molecule has 0 spiro atoms. The highest BCUT2D eigenvalue weighted by atomic mass is 127. The van der Waals surface area contributed by atoms with Crippen molar-refractivity contribution in [2.75, 3.05) is 5.32 Å². The second kappa shape index (κ2) is 6.60. The Morgan fingerprint density at radius 1 is 1.33 bits per heavy atom. The Labute approximate surface area is 132 Å². The second-order valence-corrected chi connectivity index (χ2v) is 7.66. The molecule has 0 heterocycles. The summed E-state index contributed by atoms with van der Waals surface area (Å²) in [6.07, 6.45) is 5.41. The molecule has 3 heteroatoms. The number of nitrogens with one attached hydrogen (secondary N) is 1. The van der Waals surface area contributed by atoms with E-state index in [1.165, 1.54) is 39.4 Å². The molecule has 0 aromatic heterocycles. The molecule has 18 heavy (non-hydrogen) atoms. The van der Waals surface area contributed by atoms with Crippen molar-refractivity contribution in [1.82, 2.24) is 0 Å². The molecule has 1 fully saturated rings. The number of rotatable bonds is 3. The zero-order valence-electron chi connectivity index (χ0n) is 11.0. The Balaban J connectivity index is 1.98. The number of anilines is 1. The molecule has 1 saturated carbocycles. The van der Waals surface area contributed by atoms with Crippen molar-refractivity contribution in [1.29, 1.82) is 0 Å². The molecule has 2 rings (SSSR count). The molecule has 1 N–H and O–H groups in total. The SMILES string of the molecule is CC(C)C1CCCC(Nc2ccc(I)c(Br)c2)C1. The Morgan fingerprint density at radius 3 is 2.78 bits per heavy atom. The van der Waals surface area contributed by atoms with E-state index in [0.717, 1.165) is 11.8 Å². The first-order valence-corrected chi connectivity index (χ1v) is 8.65. The molecule has 1 aromatic rings. The van der Waals surface area contributed by atoms with Crippen LogP contribution in [0, 0.1) is 15.4 Å². The van der Waals surface area contributed by atoms with Crippen LogP contribution in [0.2, 0.25) is 0 Å². The van der Waals surface area contributed by atoms with Gasteiger partial charge in [-0.15, -0.1) is 0 Å². The number of benzene rings is 1. The van der Waals surface area contributed by atoms with E-state index in [0.29, 0.717) is 6.04 Å². The summed E-state index contributed by atoms with van der Waals surface area (Å²) >= 11 is 5.95. The van der Waals surface area contributed by atoms with E-state index in [1.54, 1.807) is 0 Å². The van der Waals surface area contributed by atoms with Crippen LogP contribution >= 0.6 is 38.5 Å². The van der Waals surface area contributed by atoms with Crippen LogP contribution in [0.15, 0.2) is 22.7 Å². The maximum Gasteiger partial charge on any atom is 0.0354 e. The first-order valence-electron chi connectivity index (χ1n) is 6.78. The van der Waals surface area contributed by atoms with Gasteiger partial charge in [-0.25, -0.2) is 0 Å². The van der Waals surface area contributed by atoms with Crippen LogP contribution in [-0.2, 0) is 0 Å². The van der Waals surface area contributed by atoms with Crippen LogP contribution in [0.1, 0.15) is 39.5 Å². The lowest BCUT2D eigenvalue weighted by Gasteiger charge is -2.32. The Kier molecular flexibility index (Phi) is 5.36. The fourth-order valence-electron chi connectivity index (χ4n) is 2.79. The van der Waals surface area contributed by atoms with Crippen LogP contribution < -0.4 is 5.32 Å².